The zero-order valence-electron chi connectivity index (χ0n) is 14.2. The second-order valence-electron chi connectivity index (χ2n) is 6.23. The molecule has 1 N–H and O–H groups in total. The van der Waals surface area contributed by atoms with E-state index in [0.29, 0.717) is 12.2 Å². The van der Waals surface area contributed by atoms with Gasteiger partial charge in [0, 0.05) is 22.9 Å². The highest BCUT2D eigenvalue weighted by Gasteiger charge is 2.25. The Kier molecular flexibility index (Phi) is 4.24. The summed E-state index contributed by atoms with van der Waals surface area (Å²) in [5.41, 5.74) is 5.94. The smallest absolute Gasteiger partial charge is 0.337 e. The van der Waals surface area contributed by atoms with Crippen molar-refractivity contribution in [2.75, 3.05) is 20.2 Å². The monoisotopic (exact) mass is 336 g/mol. The van der Waals surface area contributed by atoms with Crippen molar-refractivity contribution in [1.29, 1.82) is 0 Å². The van der Waals surface area contributed by atoms with Crippen LogP contribution in [0.3, 0.4) is 0 Å². The van der Waals surface area contributed by atoms with E-state index in [-0.39, 0.29) is 5.97 Å². The number of hydrogen-bond acceptors (Lipinski definition) is 5. The Labute approximate surface area is 146 Å². The topological polar surface area (TPSA) is 60.5 Å². The molecule has 128 valence electrons. The van der Waals surface area contributed by atoms with Crippen molar-refractivity contribution in [2.24, 2.45) is 0 Å². The third-order valence-electron chi connectivity index (χ3n) is 4.74. The first kappa shape index (κ1) is 15.8. The molecular weight excluding hydrogens is 316 g/mol. The Morgan fingerprint density at radius 1 is 1.24 bits per heavy atom. The number of piperidine rings is 1. The fourth-order valence-electron chi connectivity index (χ4n) is 3.50. The molecule has 0 aliphatic carbocycles. The summed E-state index contributed by atoms with van der Waals surface area (Å²) in [6.07, 6.45) is 3.75. The van der Waals surface area contributed by atoms with Crippen LogP contribution in [-0.2, 0) is 11.3 Å². The van der Waals surface area contributed by atoms with Crippen molar-refractivity contribution in [2.45, 2.75) is 19.4 Å². The second-order valence-corrected chi connectivity index (χ2v) is 6.23. The van der Waals surface area contributed by atoms with E-state index in [0.717, 1.165) is 54.1 Å². The molecule has 1 aromatic heterocycles. The summed E-state index contributed by atoms with van der Waals surface area (Å²) < 4.78 is 10.9. The maximum absolute atomic E-state index is 12.0. The van der Waals surface area contributed by atoms with E-state index in [1.54, 1.807) is 6.07 Å². The fraction of sp³-hybridized carbons (Fsp3) is 0.300. The number of benzene rings is 1. The lowest BCUT2D eigenvalue weighted by atomic mass is 9.89. The Morgan fingerprint density at radius 3 is 2.88 bits per heavy atom. The molecule has 0 radical (unpaired) electrons. The molecule has 0 bridgehead atoms. The van der Waals surface area contributed by atoms with Crippen LogP contribution in [-0.4, -0.2) is 31.2 Å². The van der Waals surface area contributed by atoms with Gasteiger partial charge in [0.2, 0.25) is 0 Å². The van der Waals surface area contributed by atoms with Crippen LogP contribution in [0.25, 0.3) is 5.57 Å². The summed E-state index contributed by atoms with van der Waals surface area (Å²) in [5, 5.41) is 3.40. The Bertz CT molecular complexity index is 850. The number of hydrogen-bond donors (Lipinski definition) is 1. The van der Waals surface area contributed by atoms with Gasteiger partial charge in [0.05, 0.1) is 18.4 Å². The number of aromatic nitrogens is 1. The van der Waals surface area contributed by atoms with E-state index in [9.17, 15) is 4.79 Å². The quantitative estimate of drug-likeness (QED) is 0.812. The van der Waals surface area contributed by atoms with Crippen LogP contribution in [0.5, 0.6) is 5.75 Å². The zero-order chi connectivity index (χ0) is 17.2. The molecule has 0 saturated carbocycles. The molecule has 2 aliphatic rings. The number of pyridine rings is 1. The number of nitrogens with zero attached hydrogens (tertiary/aromatic N) is 1. The average molecular weight is 336 g/mol. The number of ether oxygens (including phenoxy) is 2. The van der Waals surface area contributed by atoms with Crippen LogP contribution in [0.4, 0.5) is 0 Å². The molecule has 25 heavy (non-hydrogen) atoms. The summed E-state index contributed by atoms with van der Waals surface area (Å²) in [6.45, 7) is 2.38. The minimum absolute atomic E-state index is 0.344. The molecule has 0 amide bonds. The number of esters is 1. The molecule has 2 aromatic rings. The highest BCUT2D eigenvalue weighted by molar-refractivity contribution is 5.93. The summed E-state index contributed by atoms with van der Waals surface area (Å²) >= 11 is 0. The molecule has 1 aromatic carbocycles. The lowest BCUT2D eigenvalue weighted by Crippen LogP contribution is -2.24. The van der Waals surface area contributed by atoms with Crippen LogP contribution >= 0.6 is 0 Å². The lowest BCUT2D eigenvalue weighted by Gasteiger charge is -2.21. The molecule has 0 unspecified atom stereocenters. The minimum Gasteiger partial charge on any atom is -0.488 e. The minimum atomic E-state index is -0.344. The van der Waals surface area contributed by atoms with E-state index < -0.39 is 0 Å². The maximum Gasteiger partial charge on any atom is 0.337 e. The van der Waals surface area contributed by atoms with Gasteiger partial charge in [0.25, 0.3) is 0 Å². The first-order valence-electron chi connectivity index (χ1n) is 8.50. The van der Waals surface area contributed by atoms with Gasteiger partial charge in [-0.25, -0.2) is 4.79 Å². The van der Waals surface area contributed by atoms with E-state index in [2.05, 4.69) is 16.4 Å². The van der Waals surface area contributed by atoms with E-state index in [4.69, 9.17) is 9.47 Å². The molecule has 0 atom stereocenters. The largest absolute Gasteiger partial charge is 0.488 e. The summed E-state index contributed by atoms with van der Waals surface area (Å²) in [7, 11) is 1.40. The zero-order valence-corrected chi connectivity index (χ0v) is 14.2. The highest BCUT2D eigenvalue weighted by atomic mass is 16.5. The van der Waals surface area contributed by atoms with Crippen LogP contribution in [0.15, 0.2) is 42.1 Å². The van der Waals surface area contributed by atoms with Gasteiger partial charge in [0.1, 0.15) is 12.4 Å². The van der Waals surface area contributed by atoms with Gasteiger partial charge in [-0.2, -0.15) is 0 Å². The Balaban J connectivity index is 1.96. The fourth-order valence-corrected chi connectivity index (χ4v) is 3.50. The van der Waals surface area contributed by atoms with Crippen LogP contribution in [0.1, 0.15) is 40.0 Å². The number of rotatable bonds is 1. The number of nitrogens with one attached hydrogen (secondary N) is 1. The summed E-state index contributed by atoms with van der Waals surface area (Å²) in [4.78, 5) is 16.7. The molecule has 5 heteroatoms. The molecule has 5 nitrogen and oxygen atoms in total. The van der Waals surface area contributed by atoms with Gasteiger partial charge in [-0.15, -0.1) is 0 Å². The molecule has 4 rings (SSSR count). The predicted molar refractivity (Wildman–Crippen MR) is 94.5 cm³/mol. The highest BCUT2D eigenvalue weighted by Crippen LogP contribution is 2.40. The van der Waals surface area contributed by atoms with Crippen LogP contribution in [0, 0.1) is 0 Å². The number of fused-ring (bicyclic) bond motifs is 2. The molecule has 0 spiro atoms. The lowest BCUT2D eigenvalue weighted by molar-refractivity contribution is 0.0600. The van der Waals surface area contributed by atoms with Crippen molar-refractivity contribution in [3.8, 4) is 5.75 Å². The molecule has 1 fully saturated rings. The predicted octanol–water partition coefficient (Wildman–Crippen LogP) is 2.95. The Morgan fingerprint density at radius 2 is 2.08 bits per heavy atom. The standard InChI is InChI=1S/C20H20N2O3/c1-24-20(23)14-4-5-17-16(11-14)18(13-6-9-21-10-7-13)19-15(12-25-17)3-2-8-22-19/h2-5,8,11,21H,6-7,9-10,12H2,1H3. The average Bonchev–Trinajstić information content (AvgIpc) is 2.84. The number of methoxy groups -OCH3 is 1. The summed E-state index contributed by atoms with van der Waals surface area (Å²) in [5.74, 6) is 0.439. The number of carbonyl (C=O) groups excluding carboxylic acids is 1. The van der Waals surface area contributed by atoms with Crippen LogP contribution < -0.4 is 10.1 Å². The maximum atomic E-state index is 12.0. The molecule has 1 saturated heterocycles. The van der Waals surface area contributed by atoms with Gasteiger partial charge in [-0.1, -0.05) is 11.6 Å². The first-order valence-corrected chi connectivity index (χ1v) is 8.50. The third-order valence-corrected chi connectivity index (χ3v) is 4.74. The van der Waals surface area contributed by atoms with Crippen molar-refractivity contribution in [1.82, 2.24) is 10.3 Å². The van der Waals surface area contributed by atoms with Crippen molar-refractivity contribution >= 4 is 11.5 Å². The van der Waals surface area contributed by atoms with Crippen LogP contribution in [0.2, 0.25) is 0 Å². The molecular formula is C20H20N2O3. The number of carbonyl (C=O) groups is 1. The van der Waals surface area contributed by atoms with Gasteiger partial charge in [-0.3, -0.25) is 4.98 Å². The van der Waals surface area contributed by atoms with Crippen molar-refractivity contribution in [3.05, 3.63) is 64.5 Å². The van der Waals surface area contributed by atoms with Gasteiger partial charge in [-0.05, 0) is 50.2 Å². The van der Waals surface area contributed by atoms with E-state index in [1.165, 1.54) is 12.7 Å². The van der Waals surface area contributed by atoms with E-state index in [1.807, 2.05) is 24.4 Å². The third kappa shape index (κ3) is 2.91. The molecule has 2 aliphatic heterocycles. The van der Waals surface area contributed by atoms with Crippen molar-refractivity contribution < 1.29 is 14.3 Å². The normalized spacial score (nSPS) is 16.4. The second kappa shape index (κ2) is 6.69. The van der Waals surface area contributed by atoms with Crippen molar-refractivity contribution in [3.63, 3.8) is 0 Å². The Hall–Kier alpha value is -2.66. The van der Waals surface area contributed by atoms with Gasteiger partial charge in [0.15, 0.2) is 0 Å². The first-order chi connectivity index (χ1) is 12.3. The molecule has 3 heterocycles. The summed E-state index contributed by atoms with van der Waals surface area (Å²) in [6, 6.07) is 9.46. The van der Waals surface area contributed by atoms with Gasteiger partial charge < -0.3 is 14.8 Å². The van der Waals surface area contributed by atoms with Gasteiger partial charge >= 0.3 is 5.97 Å². The SMILES string of the molecule is COC(=O)c1ccc2c(c1)C(=C1CCNCC1)c1ncccc1CO2. The van der Waals surface area contributed by atoms with E-state index >= 15 is 0 Å².